The number of nitrogens with zero attached hydrogens (tertiary/aromatic N) is 2. The normalized spacial score (nSPS) is 10.1. The molecular weight excluding hydrogens is 176 g/mol. The molecule has 2 heterocycles. The van der Waals surface area contributed by atoms with Crippen molar-refractivity contribution in [2.75, 3.05) is 5.32 Å². The van der Waals surface area contributed by atoms with E-state index in [1.54, 1.807) is 18.7 Å². The third kappa shape index (κ3) is 2.10. The fourth-order valence-corrected chi connectivity index (χ4v) is 1.23. The van der Waals surface area contributed by atoms with Crippen LogP contribution in [0.25, 0.3) is 0 Å². The maximum absolute atomic E-state index is 4.12. The van der Waals surface area contributed by atoms with Crippen LogP contribution in [-0.2, 0) is 6.54 Å². The molecule has 0 saturated carbocycles. The van der Waals surface area contributed by atoms with E-state index >= 15 is 0 Å². The van der Waals surface area contributed by atoms with Gasteiger partial charge >= 0.3 is 0 Å². The van der Waals surface area contributed by atoms with Gasteiger partial charge in [-0.3, -0.25) is 4.98 Å². The second kappa shape index (κ2) is 3.91. The van der Waals surface area contributed by atoms with Gasteiger partial charge in [0, 0.05) is 23.8 Å². The summed E-state index contributed by atoms with van der Waals surface area (Å²) in [7, 11) is 0. The summed E-state index contributed by atoms with van der Waals surface area (Å²) in [6, 6.07) is 3.96. The lowest BCUT2D eigenvalue weighted by Crippen LogP contribution is -1.99. The zero-order valence-electron chi connectivity index (χ0n) is 7.99. The van der Waals surface area contributed by atoms with Crippen molar-refractivity contribution in [1.29, 1.82) is 0 Å². The number of pyridine rings is 1. The van der Waals surface area contributed by atoms with Gasteiger partial charge in [0.2, 0.25) is 0 Å². The lowest BCUT2D eigenvalue weighted by atomic mass is 10.3. The minimum absolute atomic E-state index is 0.753. The smallest absolute Gasteiger partial charge is 0.0922 e. The minimum Gasteiger partial charge on any atom is -0.379 e. The van der Waals surface area contributed by atoms with E-state index in [9.17, 15) is 0 Å². The van der Waals surface area contributed by atoms with Crippen molar-refractivity contribution in [3.8, 4) is 0 Å². The Bertz CT molecular complexity index is 394. The van der Waals surface area contributed by atoms with Crippen LogP contribution in [0.1, 0.15) is 11.4 Å². The Labute approximate surface area is 82.4 Å². The minimum atomic E-state index is 0.753. The SMILES string of the molecule is Cc1cc(NCc2cnc[nH]2)ccn1. The Morgan fingerprint density at radius 2 is 2.43 bits per heavy atom. The van der Waals surface area contributed by atoms with Gasteiger partial charge in [-0.25, -0.2) is 4.98 Å². The van der Waals surface area contributed by atoms with Gasteiger partial charge in [-0.05, 0) is 19.1 Å². The average Bonchev–Trinajstić information content (AvgIpc) is 2.67. The number of aromatic amines is 1. The number of aromatic nitrogens is 3. The molecule has 0 amide bonds. The van der Waals surface area contributed by atoms with Gasteiger partial charge in [0.05, 0.1) is 18.6 Å². The predicted octanol–water partition coefficient (Wildman–Crippen LogP) is 1.73. The molecular formula is C10H12N4. The first-order valence-electron chi connectivity index (χ1n) is 4.48. The molecule has 14 heavy (non-hydrogen) atoms. The van der Waals surface area contributed by atoms with Crippen molar-refractivity contribution in [2.24, 2.45) is 0 Å². The van der Waals surface area contributed by atoms with E-state index in [1.165, 1.54) is 0 Å². The monoisotopic (exact) mass is 188 g/mol. The predicted molar refractivity (Wildman–Crippen MR) is 54.9 cm³/mol. The van der Waals surface area contributed by atoms with E-state index in [-0.39, 0.29) is 0 Å². The van der Waals surface area contributed by atoms with Crippen LogP contribution in [0.5, 0.6) is 0 Å². The van der Waals surface area contributed by atoms with E-state index in [1.807, 2.05) is 19.1 Å². The maximum Gasteiger partial charge on any atom is 0.0922 e. The molecule has 4 heteroatoms. The lowest BCUT2D eigenvalue weighted by molar-refractivity contribution is 1.07. The number of aryl methyl sites for hydroxylation is 1. The van der Waals surface area contributed by atoms with Gasteiger partial charge in [0.25, 0.3) is 0 Å². The third-order valence-corrected chi connectivity index (χ3v) is 1.93. The van der Waals surface area contributed by atoms with Crippen LogP contribution in [-0.4, -0.2) is 15.0 Å². The highest BCUT2D eigenvalue weighted by Crippen LogP contribution is 2.07. The van der Waals surface area contributed by atoms with Crippen LogP contribution in [0.4, 0.5) is 5.69 Å². The molecule has 2 aromatic rings. The molecule has 0 aliphatic carbocycles. The summed E-state index contributed by atoms with van der Waals surface area (Å²) in [6.45, 7) is 2.73. The van der Waals surface area contributed by atoms with E-state index in [0.717, 1.165) is 23.6 Å². The molecule has 0 atom stereocenters. The van der Waals surface area contributed by atoms with Crippen LogP contribution in [0.3, 0.4) is 0 Å². The summed E-state index contributed by atoms with van der Waals surface area (Å²) in [5.74, 6) is 0. The molecule has 0 radical (unpaired) electrons. The molecule has 2 N–H and O–H groups in total. The molecule has 0 bridgehead atoms. The van der Waals surface area contributed by atoms with Crippen molar-refractivity contribution in [2.45, 2.75) is 13.5 Å². The number of rotatable bonds is 3. The number of H-pyrrole nitrogens is 1. The average molecular weight is 188 g/mol. The van der Waals surface area contributed by atoms with Crippen LogP contribution in [0.15, 0.2) is 30.9 Å². The quantitative estimate of drug-likeness (QED) is 0.771. The van der Waals surface area contributed by atoms with Crippen LogP contribution < -0.4 is 5.32 Å². The molecule has 0 fully saturated rings. The first-order chi connectivity index (χ1) is 6.84. The number of anilines is 1. The Hall–Kier alpha value is -1.84. The second-order valence-corrected chi connectivity index (χ2v) is 3.12. The Balaban J connectivity index is 1.98. The van der Waals surface area contributed by atoms with Crippen LogP contribution >= 0.6 is 0 Å². The summed E-state index contributed by atoms with van der Waals surface area (Å²) in [5, 5.41) is 3.28. The molecule has 0 aliphatic heterocycles. The molecule has 0 aromatic carbocycles. The first-order valence-corrected chi connectivity index (χ1v) is 4.48. The molecule has 0 spiro atoms. The zero-order valence-corrected chi connectivity index (χ0v) is 7.99. The van der Waals surface area contributed by atoms with Gasteiger partial charge in [0.15, 0.2) is 0 Å². The molecule has 0 unspecified atom stereocenters. The van der Waals surface area contributed by atoms with E-state index < -0.39 is 0 Å². The highest BCUT2D eigenvalue weighted by atomic mass is 14.9. The largest absolute Gasteiger partial charge is 0.379 e. The Kier molecular flexibility index (Phi) is 2.44. The number of imidazole rings is 1. The van der Waals surface area contributed by atoms with Gasteiger partial charge in [-0.1, -0.05) is 0 Å². The summed E-state index contributed by atoms with van der Waals surface area (Å²) < 4.78 is 0. The standard InChI is InChI=1S/C10H12N4/c1-8-4-9(2-3-12-8)13-6-10-5-11-7-14-10/h2-5,7H,6H2,1H3,(H,11,14)(H,12,13). The number of hydrogen-bond donors (Lipinski definition) is 2. The van der Waals surface area contributed by atoms with Crippen molar-refractivity contribution >= 4 is 5.69 Å². The Morgan fingerprint density at radius 1 is 1.50 bits per heavy atom. The van der Waals surface area contributed by atoms with Crippen molar-refractivity contribution in [1.82, 2.24) is 15.0 Å². The van der Waals surface area contributed by atoms with Gasteiger partial charge in [-0.2, -0.15) is 0 Å². The molecule has 2 rings (SSSR count). The van der Waals surface area contributed by atoms with E-state index in [4.69, 9.17) is 0 Å². The van der Waals surface area contributed by atoms with Crippen molar-refractivity contribution < 1.29 is 0 Å². The number of nitrogens with one attached hydrogen (secondary N) is 2. The van der Waals surface area contributed by atoms with Crippen molar-refractivity contribution in [3.63, 3.8) is 0 Å². The number of hydrogen-bond acceptors (Lipinski definition) is 3. The zero-order chi connectivity index (χ0) is 9.80. The molecule has 0 aliphatic rings. The summed E-state index contributed by atoms with van der Waals surface area (Å²) in [5.41, 5.74) is 3.16. The maximum atomic E-state index is 4.12. The molecule has 2 aromatic heterocycles. The van der Waals surface area contributed by atoms with Crippen LogP contribution in [0.2, 0.25) is 0 Å². The van der Waals surface area contributed by atoms with E-state index in [2.05, 4.69) is 20.3 Å². The summed E-state index contributed by atoms with van der Waals surface area (Å²) in [4.78, 5) is 11.1. The first kappa shape index (κ1) is 8.74. The topological polar surface area (TPSA) is 53.6 Å². The van der Waals surface area contributed by atoms with Gasteiger partial charge in [0.1, 0.15) is 0 Å². The lowest BCUT2D eigenvalue weighted by Gasteiger charge is -2.04. The summed E-state index contributed by atoms with van der Waals surface area (Å²) >= 11 is 0. The van der Waals surface area contributed by atoms with Crippen molar-refractivity contribution in [3.05, 3.63) is 42.2 Å². The second-order valence-electron chi connectivity index (χ2n) is 3.12. The Morgan fingerprint density at radius 3 is 3.14 bits per heavy atom. The van der Waals surface area contributed by atoms with E-state index in [0.29, 0.717) is 0 Å². The fourth-order valence-electron chi connectivity index (χ4n) is 1.23. The molecule has 72 valence electrons. The molecule has 4 nitrogen and oxygen atoms in total. The summed E-state index contributed by atoms with van der Waals surface area (Å²) in [6.07, 6.45) is 5.28. The highest BCUT2D eigenvalue weighted by Gasteiger charge is 1.94. The van der Waals surface area contributed by atoms with Gasteiger partial charge < -0.3 is 10.3 Å². The fraction of sp³-hybridized carbons (Fsp3) is 0.200. The van der Waals surface area contributed by atoms with Crippen LogP contribution in [0, 0.1) is 6.92 Å². The molecule has 0 saturated heterocycles. The van der Waals surface area contributed by atoms with Gasteiger partial charge in [-0.15, -0.1) is 0 Å². The highest BCUT2D eigenvalue weighted by molar-refractivity contribution is 5.43. The third-order valence-electron chi connectivity index (χ3n) is 1.93.